The van der Waals surface area contributed by atoms with E-state index in [0.717, 1.165) is 5.75 Å². The molecule has 0 aliphatic heterocycles. The number of nitrogens with one attached hydrogen (secondary N) is 1. The minimum Gasteiger partial charge on any atom is -0.497 e. The number of hydrogen-bond acceptors (Lipinski definition) is 4. The van der Waals surface area contributed by atoms with Crippen LogP contribution in [0, 0.1) is 0 Å². The van der Waals surface area contributed by atoms with Crippen LogP contribution >= 0.6 is 0 Å². The summed E-state index contributed by atoms with van der Waals surface area (Å²) < 4.78 is 10.6. The van der Waals surface area contributed by atoms with Crippen LogP contribution in [0.1, 0.15) is 19.8 Å². The van der Waals surface area contributed by atoms with Gasteiger partial charge >= 0.3 is 0 Å². The van der Waals surface area contributed by atoms with Gasteiger partial charge in [-0.3, -0.25) is 4.79 Å². The Kier molecular flexibility index (Phi) is 4.27. The van der Waals surface area contributed by atoms with Crippen molar-refractivity contribution in [3.8, 4) is 11.5 Å². The maximum atomic E-state index is 11.8. The van der Waals surface area contributed by atoms with Crippen molar-refractivity contribution < 1.29 is 19.4 Å². The first kappa shape index (κ1) is 13.7. The molecule has 0 radical (unpaired) electrons. The average Bonchev–Trinajstić information content (AvgIpc) is 2.37. The Bertz CT molecular complexity index is 426. The van der Waals surface area contributed by atoms with Crippen molar-refractivity contribution in [3.05, 3.63) is 24.3 Å². The molecule has 0 spiro atoms. The molecule has 1 saturated carbocycles. The summed E-state index contributed by atoms with van der Waals surface area (Å²) in [5, 5.41) is 12.0. The van der Waals surface area contributed by atoms with Gasteiger partial charge in [-0.05, 0) is 44.0 Å². The number of carbonyl (C=O) groups excluding carboxylic acids is 1. The molecule has 1 atom stereocenters. The highest BCUT2D eigenvalue weighted by molar-refractivity contribution is 5.81. The molecule has 2 N–H and O–H groups in total. The van der Waals surface area contributed by atoms with Crippen LogP contribution in [-0.4, -0.2) is 36.4 Å². The molecule has 1 aromatic carbocycles. The zero-order valence-corrected chi connectivity index (χ0v) is 11.1. The van der Waals surface area contributed by atoms with Gasteiger partial charge in [0.15, 0.2) is 6.10 Å². The summed E-state index contributed by atoms with van der Waals surface area (Å²) in [7, 11) is 1.60. The Balaban J connectivity index is 1.81. The zero-order chi connectivity index (χ0) is 13.8. The SMILES string of the molecule is COc1ccc(OC(C)C(=O)NC2CC(O)C2)cc1. The van der Waals surface area contributed by atoms with Gasteiger partial charge in [-0.25, -0.2) is 0 Å². The van der Waals surface area contributed by atoms with Crippen LogP contribution in [0.15, 0.2) is 24.3 Å². The van der Waals surface area contributed by atoms with Gasteiger partial charge in [-0.2, -0.15) is 0 Å². The van der Waals surface area contributed by atoms with Crippen molar-refractivity contribution >= 4 is 5.91 Å². The maximum absolute atomic E-state index is 11.8. The number of amides is 1. The minimum atomic E-state index is -0.564. The van der Waals surface area contributed by atoms with E-state index in [2.05, 4.69) is 5.32 Å². The largest absolute Gasteiger partial charge is 0.497 e. The van der Waals surface area contributed by atoms with E-state index >= 15 is 0 Å². The van der Waals surface area contributed by atoms with Gasteiger partial charge in [-0.15, -0.1) is 0 Å². The summed E-state index contributed by atoms with van der Waals surface area (Å²) in [4.78, 5) is 11.8. The van der Waals surface area contributed by atoms with Crippen molar-refractivity contribution in [2.75, 3.05) is 7.11 Å². The molecule has 1 unspecified atom stereocenters. The van der Waals surface area contributed by atoms with E-state index in [-0.39, 0.29) is 18.1 Å². The number of rotatable bonds is 5. The molecule has 5 nitrogen and oxygen atoms in total. The Labute approximate surface area is 112 Å². The van der Waals surface area contributed by atoms with E-state index in [9.17, 15) is 4.79 Å². The highest BCUT2D eigenvalue weighted by Gasteiger charge is 2.29. The number of ether oxygens (including phenoxy) is 2. The molecule has 1 amide bonds. The Morgan fingerprint density at radius 2 is 1.89 bits per heavy atom. The summed E-state index contributed by atoms with van der Waals surface area (Å²) >= 11 is 0. The predicted molar refractivity (Wildman–Crippen MR) is 70.3 cm³/mol. The van der Waals surface area contributed by atoms with Gasteiger partial charge in [0.25, 0.3) is 5.91 Å². The van der Waals surface area contributed by atoms with Gasteiger partial charge in [-0.1, -0.05) is 0 Å². The molecule has 0 heterocycles. The lowest BCUT2D eigenvalue weighted by atomic mass is 9.89. The third-order valence-corrected chi connectivity index (χ3v) is 3.20. The van der Waals surface area contributed by atoms with Crippen LogP contribution < -0.4 is 14.8 Å². The predicted octanol–water partition coefficient (Wildman–Crippen LogP) is 1.10. The van der Waals surface area contributed by atoms with Crippen LogP contribution in [0.2, 0.25) is 0 Å². The monoisotopic (exact) mass is 265 g/mol. The second kappa shape index (κ2) is 5.93. The first-order chi connectivity index (χ1) is 9.08. The first-order valence-electron chi connectivity index (χ1n) is 6.37. The molecule has 1 aliphatic rings. The average molecular weight is 265 g/mol. The summed E-state index contributed by atoms with van der Waals surface area (Å²) in [5.74, 6) is 1.21. The second-order valence-electron chi connectivity index (χ2n) is 4.77. The number of carbonyl (C=O) groups is 1. The van der Waals surface area contributed by atoms with Crippen molar-refractivity contribution in [2.24, 2.45) is 0 Å². The maximum Gasteiger partial charge on any atom is 0.260 e. The highest BCUT2D eigenvalue weighted by Crippen LogP contribution is 2.20. The van der Waals surface area contributed by atoms with Crippen molar-refractivity contribution in [2.45, 2.75) is 38.0 Å². The van der Waals surface area contributed by atoms with E-state index in [1.807, 2.05) is 0 Å². The van der Waals surface area contributed by atoms with Crippen LogP contribution in [-0.2, 0) is 4.79 Å². The highest BCUT2D eigenvalue weighted by atomic mass is 16.5. The number of hydrogen-bond donors (Lipinski definition) is 2. The van der Waals surface area contributed by atoms with Gasteiger partial charge in [0.05, 0.1) is 13.2 Å². The summed E-state index contributed by atoms with van der Waals surface area (Å²) in [5.41, 5.74) is 0. The Morgan fingerprint density at radius 1 is 1.32 bits per heavy atom. The fourth-order valence-electron chi connectivity index (χ4n) is 1.94. The quantitative estimate of drug-likeness (QED) is 0.836. The second-order valence-corrected chi connectivity index (χ2v) is 4.77. The zero-order valence-electron chi connectivity index (χ0n) is 11.1. The molecule has 1 aromatic rings. The van der Waals surface area contributed by atoms with Gasteiger partial charge < -0.3 is 19.9 Å². The fourth-order valence-corrected chi connectivity index (χ4v) is 1.94. The van der Waals surface area contributed by atoms with Crippen LogP contribution in [0.5, 0.6) is 11.5 Å². The normalized spacial score (nSPS) is 23.1. The third kappa shape index (κ3) is 3.61. The molecule has 104 valence electrons. The van der Waals surface area contributed by atoms with Crippen LogP contribution in [0.4, 0.5) is 0 Å². The van der Waals surface area contributed by atoms with Gasteiger partial charge in [0.1, 0.15) is 11.5 Å². The number of methoxy groups -OCH3 is 1. The topological polar surface area (TPSA) is 67.8 Å². The molecule has 0 aromatic heterocycles. The molecule has 0 bridgehead atoms. The van der Waals surface area contributed by atoms with E-state index in [1.165, 1.54) is 0 Å². The van der Waals surface area contributed by atoms with Crippen molar-refractivity contribution in [1.82, 2.24) is 5.32 Å². The summed E-state index contributed by atoms with van der Waals surface area (Å²) in [6, 6.07) is 7.15. The minimum absolute atomic E-state index is 0.0735. The molecule has 1 fully saturated rings. The third-order valence-electron chi connectivity index (χ3n) is 3.20. The van der Waals surface area contributed by atoms with Crippen molar-refractivity contribution in [1.29, 1.82) is 0 Å². The summed E-state index contributed by atoms with van der Waals surface area (Å²) in [6.07, 6.45) is 0.413. The lowest BCUT2D eigenvalue weighted by molar-refractivity contribution is -0.129. The smallest absolute Gasteiger partial charge is 0.260 e. The molecule has 5 heteroatoms. The van der Waals surface area contributed by atoms with E-state index < -0.39 is 6.10 Å². The standard InChI is InChI=1S/C14H19NO4/c1-9(14(17)15-10-7-11(16)8-10)19-13-5-3-12(18-2)4-6-13/h3-6,9-11,16H,7-8H2,1-2H3,(H,15,17). The number of aliphatic hydroxyl groups is 1. The van der Waals surface area contributed by atoms with E-state index in [4.69, 9.17) is 14.6 Å². The van der Waals surface area contributed by atoms with Crippen molar-refractivity contribution in [3.63, 3.8) is 0 Å². The van der Waals surface area contributed by atoms with Gasteiger partial charge in [0, 0.05) is 6.04 Å². The lowest BCUT2D eigenvalue weighted by Crippen LogP contribution is -2.50. The van der Waals surface area contributed by atoms with E-state index in [1.54, 1.807) is 38.3 Å². The molecule has 19 heavy (non-hydrogen) atoms. The van der Waals surface area contributed by atoms with Gasteiger partial charge in [0.2, 0.25) is 0 Å². The number of benzene rings is 1. The first-order valence-corrected chi connectivity index (χ1v) is 6.37. The Hall–Kier alpha value is -1.75. The molecular formula is C14H19NO4. The molecule has 0 saturated heterocycles. The number of aliphatic hydroxyl groups excluding tert-OH is 1. The van der Waals surface area contributed by atoms with E-state index in [0.29, 0.717) is 18.6 Å². The molecular weight excluding hydrogens is 246 g/mol. The fraction of sp³-hybridized carbons (Fsp3) is 0.500. The lowest BCUT2D eigenvalue weighted by Gasteiger charge is -2.32. The molecule has 2 rings (SSSR count). The van der Waals surface area contributed by atoms with Crippen LogP contribution in [0.25, 0.3) is 0 Å². The summed E-state index contributed by atoms with van der Waals surface area (Å²) in [6.45, 7) is 1.70. The van der Waals surface area contributed by atoms with Crippen LogP contribution in [0.3, 0.4) is 0 Å². The molecule has 1 aliphatic carbocycles. The Morgan fingerprint density at radius 3 is 2.42 bits per heavy atom.